The maximum atomic E-state index is 13.5. The zero-order valence-corrected chi connectivity index (χ0v) is 31.0. The number of allylic oxidation sites excluding steroid dienone is 4. The van der Waals surface area contributed by atoms with Gasteiger partial charge in [0.1, 0.15) is 4.90 Å². The minimum atomic E-state index is -4.06. The van der Waals surface area contributed by atoms with Crippen molar-refractivity contribution in [3.63, 3.8) is 0 Å². The van der Waals surface area contributed by atoms with E-state index in [1.54, 1.807) is 30.3 Å². The van der Waals surface area contributed by atoms with Gasteiger partial charge in [0.05, 0.1) is 28.4 Å². The molecule has 1 aliphatic carbocycles. The van der Waals surface area contributed by atoms with E-state index in [2.05, 4.69) is 45.2 Å². The van der Waals surface area contributed by atoms with Gasteiger partial charge in [-0.1, -0.05) is 54.1 Å². The molecule has 2 aromatic heterocycles. The van der Waals surface area contributed by atoms with Crippen molar-refractivity contribution in [1.29, 1.82) is 0 Å². The summed E-state index contributed by atoms with van der Waals surface area (Å²) >= 11 is 0. The number of para-hydroxylation sites is 1. The third kappa shape index (κ3) is 5.75. The average Bonchev–Trinajstić information content (AvgIpc) is 3.65. The van der Waals surface area contributed by atoms with E-state index in [0.29, 0.717) is 18.0 Å². The predicted octanol–water partition coefficient (Wildman–Crippen LogP) is 7.93. The van der Waals surface area contributed by atoms with Gasteiger partial charge in [-0.15, -0.1) is 0 Å². The molecule has 272 valence electrons. The van der Waals surface area contributed by atoms with Gasteiger partial charge >= 0.3 is 10.1 Å². The molecule has 4 aromatic rings. The summed E-state index contributed by atoms with van der Waals surface area (Å²) in [6.07, 6.45) is 24.0. The van der Waals surface area contributed by atoms with E-state index in [-0.39, 0.29) is 28.0 Å². The van der Waals surface area contributed by atoms with Crippen molar-refractivity contribution in [2.45, 2.75) is 93.7 Å². The molecule has 4 aliphatic heterocycles. The molecule has 8 nitrogen and oxygen atoms in total. The van der Waals surface area contributed by atoms with Crippen LogP contribution in [-0.2, 0) is 10.1 Å². The minimum Gasteiger partial charge on any atom is -0.384 e. The number of H-pyrrole nitrogens is 1. The van der Waals surface area contributed by atoms with E-state index in [1.165, 1.54) is 19.3 Å². The summed E-state index contributed by atoms with van der Waals surface area (Å²) in [5.74, 6) is 0.474. The fourth-order valence-electron chi connectivity index (χ4n) is 10.6. The number of nitrogens with zero attached hydrogens (tertiary/aromatic N) is 3. The first kappa shape index (κ1) is 34.0. The molecule has 5 aliphatic rings. The fraction of sp³-hybridized carbons (Fsp3) is 0.465. The molecule has 2 fully saturated rings. The molecule has 2 unspecified atom stereocenters. The minimum absolute atomic E-state index is 0.0207. The fourth-order valence-corrected chi connectivity index (χ4v) is 11.5. The lowest BCUT2D eigenvalue weighted by Crippen LogP contribution is -2.65. The lowest BCUT2D eigenvalue weighted by molar-refractivity contribution is -0.0894. The van der Waals surface area contributed by atoms with Crippen LogP contribution in [0, 0.1) is 18.3 Å². The van der Waals surface area contributed by atoms with Crippen LogP contribution in [0.25, 0.3) is 27.4 Å². The second-order valence-corrected chi connectivity index (χ2v) is 17.6. The molecule has 6 atom stereocenters. The molecule has 9 heteroatoms. The highest BCUT2D eigenvalue weighted by molar-refractivity contribution is 7.87. The Kier molecular flexibility index (Phi) is 8.69. The maximum Gasteiger partial charge on any atom is 0.339 e. The van der Waals surface area contributed by atoms with Gasteiger partial charge in [0.2, 0.25) is 0 Å². The third-order valence-electron chi connectivity index (χ3n) is 12.8. The Balaban J connectivity index is 1.20. The first-order chi connectivity index (χ1) is 25.3. The van der Waals surface area contributed by atoms with E-state index in [1.807, 2.05) is 31.3 Å². The Bertz CT molecular complexity index is 2190. The van der Waals surface area contributed by atoms with Crippen molar-refractivity contribution < 1.29 is 17.7 Å². The summed E-state index contributed by atoms with van der Waals surface area (Å²) in [7, 11) is -4.06. The molecule has 52 heavy (non-hydrogen) atoms. The molecule has 0 amide bonds. The van der Waals surface area contributed by atoms with Gasteiger partial charge in [0.15, 0.2) is 5.75 Å². The smallest absolute Gasteiger partial charge is 0.339 e. The van der Waals surface area contributed by atoms with Crippen LogP contribution in [0.5, 0.6) is 5.75 Å². The van der Waals surface area contributed by atoms with Crippen molar-refractivity contribution in [2.75, 3.05) is 26.2 Å². The Morgan fingerprint density at radius 3 is 2.56 bits per heavy atom. The van der Waals surface area contributed by atoms with Crippen LogP contribution >= 0.6 is 0 Å². The van der Waals surface area contributed by atoms with Gasteiger partial charge in [-0.05, 0) is 133 Å². The first-order valence-electron chi connectivity index (χ1n) is 19.4. The number of aromatic nitrogens is 2. The molecular weight excluding hydrogens is 669 g/mol. The van der Waals surface area contributed by atoms with E-state index >= 15 is 0 Å². The molecule has 2 saturated heterocycles. The van der Waals surface area contributed by atoms with E-state index < -0.39 is 15.7 Å². The third-order valence-corrected chi connectivity index (χ3v) is 14.0. The predicted molar refractivity (Wildman–Crippen MR) is 207 cm³/mol. The van der Waals surface area contributed by atoms with E-state index in [4.69, 9.17) is 9.17 Å². The average molecular weight is 719 g/mol. The van der Waals surface area contributed by atoms with Crippen LogP contribution in [0.15, 0.2) is 90.0 Å². The molecule has 6 heterocycles. The zero-order chi connectivity index (χ0) is 35.5. The van der Waals surface area contributed by atoms with Crippen molar-refractivity contribution in [3.8, 4) is 5.75 Å². The van der Waals surface area contributed by atoms with Crippen molar-refractivity contribution in [3.05, 3.63) is 96.4 Å². The Labute approximate surface area is 307 Å². The number of aromatic amines is 1. The SMILES string of the molecule is Cc1ccc(S(=O)(=O)Oc2cccc3c2[nH]c2c(C4=C[C@@]5(O)CC/C=C\CCCCN6CCC4[C@]4(C[C@H]7/C=C\CCCCN7[C@H]45)C6)nccc23)cc1. The number of aliphatic hydroxyl groups is 1. The first-order valence-corrected chi connectivity index (χ1v) is 20.8. The second-order valence-electron chi connectivity index (χ2n) is 16.0. The number of hydrogen-bond donors (Lipinski definition) is 2. The number of piperidine rings is 1. The largest absolute Gasteiger partial charge is 0.384 e. The van der Waals surface area contributed by atoms with Gasteiger partial charge in [-0.3, -0.25) is 9.88 Å². The van der Waals surface area contributed by atoms with Crippen LogP contribution in [0.4, 0.5) is 0 Å². The van der Waals surface area contributed by atoms with Gasteiger partial charge < -0.3 is 19.2 Å². The second kappa shape index (κ2) is 13.3. The Morgan fingerprint density at radius 2 is 1.69 bits per heavy atom. The van der Waals surface area contributed by atoms with Crippen molar-refractivity contribution in [1.82, 2.24) is 19.8 Å². The Morgan fingerprint density at radius 1 is 0.904 bits per heavy atom. The quantitative estimate of drug-likeness (QED) is 0.163. The highest BCUT2D eigenvalue weighted by Gasteiger charge is 2.65. The van der Waals surface area contributed by atoms with Gasteiger partial charge in [-0.2, -0.15) is 8.42 Å². The summed E-state index contributed by atoms with van der Waals surface area (Å²) in [6.45, 7) is 6.04. The number of nitrogens with one attached hydrogen (secondary N) is 1. The molecule has 9 rings (SSSR count). The van der Waals surface area contributed by atoms with Gasteiger partial charge in [-0.25, -0.2) is 0 Å². The van der Waals surface area contributed by atoms with Crippen molar-refractivity contribution in [2.24, 2.45) is 11.3 Å². The molecule has 2 aromatic carbocycles. The van der Waals surface area contributed by atoms with E-state index in [0.717, 1.165) is 97.8 Å². The van der Waals surface area contributed by atoms with Crippen LogP contribution in [0.3, 0.4) is 0 Å². The number of aryl methyl sites for hydroxylation is 1. The monoisotopic (exact) mass is 718 g/mol. The number of hydrogen-bond acceptors (Lipinski definition) is 7. The van der Waals surface area contributed by atoms with Crippen molar-refractivity contribution >= 4 is 37.5 Å². The molecular formula is C43H50N4O4S. The lowest BCUT2D eigenvalue weighted by atomic mass is 9.54. The lowest BCUT2D eigenvalue weighted by Gasteiger charge is -2.58. The number of rotatable bonds is 4. The molecule has 3 bridgehead atoms. The van der Waals surface area contributed by atoms with Gasteiger partial charge in [0.25, 0.3) is 0 Å². The summed E-state index contributed by atoms with van der Waals surface area (Å²) in [4.78, 5) is 14.2. The Hall–Kier alpha value is -3.76. The van der Waals surface area contributed by atoms with E-state index in [9.17, 15) is 13.5 Å². The molecule has 2 N–H and O–H groups in total. The topological polar surface area (TPSA) is 98.8 Å². The van der Waals surface area contributed by atoms with Crippen LogP contribution in [-0.4, -0.2) is 77.2 Å². The summed E-state index contributed by atoms with van der Waals surface area (Å²) in [5.41, 5.74) is 3.25. The van der Waals surface area contributed by atoms with Gasteiger partial charge in [0, 0.05) is 35.0 Å². The molecule has 0 saturated carbocycles. The molecule has 0 radical (unpaired) electrons. The number of fused-ring (bicyclic) bond motifs is 5. The summed E-state index contributed by atoms with van der Waals surface area (Å²) in [5, 5.41) is 15.1. The highest BCUT2D eigenvalue weighted by atomic mass is 32.2. The number of benzene rings is 2. The summed E-state index contributed by atoms with van der Waals surface area (Å²) < 4.78 is 32.7. The van der Waals surface area contributed by atoms with Crippen LogP contribution < -0.4 is 4.18 Å². The number of pyridine rings is 1. The summed E-state index contributed by atoms with van der Waals surface area (Å²) in [6, 6.07) is 14.6. The van der Waals surface area contributed by atoms with Crippen LogP contribution in [0.2, 0.25) is 0 Å². The van der Waals surface area contributed by atoms with Crippen LogP contribution in [0.1, 0.15) is 75.5 Å². The zero-order valence-electron chi connectivity index (χ0n) is 30.1. The normalized spacial score (nSPS) is 32.4. The standard InChI is InChI=1S/C43H50N4O4S/c1-30-16-18-32(19-17-30)52(49,50)51-37-15-12-14-33-34-20-23-44-39(40(34)45-38(33)37)35-28-43(48)22-9-5-2-3-6-10-24-46-26-21-36(35)42(29-46)27-31-13-8-4-7-11-25-47(31)41(42)43/h2,5,8,12-20,23,28,31,36,41,45,48H,3-4,6-7,9-11,21-22,24-27,29H2,1H3/b5-2-,13-8-/t31-,36?,41-,42+,43+/m1/s1. The maximum absolute atomic E-state index is 13.5. The highest BCUT2D eigenvalue weighted by Crippen LogP contribution is 2.61. The molecule has 1 spiro atoms.